The van der Waals surface area contributed by atoms with Crippen LogP contribution in [0, 0.1) is 0 Å². The second kappa shape index (κ2) is 36.7. The van der Waals surface area contributed by atoms with Gasteiger partial charge in [0.1, 0.15) is 51.6 Å². The van der Waals surface area contributed by atoms with Crippen molar-refractivity contribution in [3.63, 3.8) is 0 Å². The number of Topliss-reactive ketones (excluding diaryl/α,β-unsaturated/α-hetero) is 2. The van der Waals surface area contributed by atoms with Crippen LogP contribution >= 0.6 is 15.6 Å². The average Bonchev–Trinajstić information content (AvgIpc) is 3.43. The first kappa shape index (κ1) is 66.0. The van der Waals surface area contributed by atoms with Crippen LogP contribution in [0.15, 0.2) is 99.3 Å². The van der Waals surface area contributed by atoms with Gasteiger partial charge < -0.3 is 49.0 Å². The van der Waals surface area contributed by atoms with Gasteiger partial charge in [-0.05, 0) is 118 Å². The molecule has 4 aromatic rings. The summed E-state index contributed by atoms with van der Waals surface area (Å²) in [5.74, 6) is -0.138. The molecule has 78 heavy (non-hydrogen) atoms. The average molecular weight is 1130 g/mol. The second-order valence-electron chi connectivity index (χ2n) is 16.8. The predicted octanol–water partition coefficient (Wildman–Crippen LogP) is 10.7. The molecular weight excluding hydrogens is 1060 g/mol. The van der Waals surface area contributed by atoms with Crippen LogP contribution in [0.5, 0.6) is 23.0 Å². The number of ether oxygens (including phenoxy) is 5. The van der Waals surface area contributed by atoms with Crippen molar-refractivity contribution < 1.29 is 90.1 Å². The number of rotatable bonds is 37. The monoisotopic (exact) mass is 1130 g/mol. The number of amides is 1. The number of ketones is 2. The van der Waals surface area contributed by atoms with Crippen molar-refractivity contribution in [1.82, 2.24) is 5.32 Å². The first-order valence-corrected chi connectivity index (χ1v) is 27.8. The van der Waals surface area contributed by atoms with Crippen LogP contribution in [-0.4, -0.2) is 125 Å². The summed E-state index contributed by atoms with van der Waals surface area (Å²) < 4.78 is 66.9. The summed E-state index contributed by atoms with van der Waals surface area (Å²) in [6.07, 6.45) is 6.64. The molecule has 0 aliphatic carbocycles. The zero-order valence-electron chi connectivity index (χ0n) is 44.5. The molecule has 24 nitrogen and oxygen atoms in total. The predicted molar refractivity (Wildman–Crippen MR) is 286 cm³/mol. The summed E-state index contributed by atoms with van der Waals surface area (Å²) in [7, 11) is -1.38. The van der Waals surface area contributed by atoms with Crippen molar-refractivity contribution >= 4 is 61.8 Å². The van der Waals surface area contributed by atoms with Crippen LogP contribution in [-0.2, 0) is 57.4 Å². The second-order valence-corrected chi connectivity index (χ2v) is 19.9. The van der Waals surface area contributed by atoms with Crippen LogP contribution < -0.4 is 14.8 Å². The highest BCUT2D eigenvalue weighted by Gasteiger charge is 2.19. The number of benzene rings is 4. The molecule has 0 fully saturated rings. The minimum Gasteiger partial charge on any atom is -0.508 e. The number of aryl methyl sites for hydroxylation is 1. The number of nitrogens with zero attached hydrogens (tertiary/aromatic N) is 4. The van der Waals surface area contributed by atoms with E-state index in [1.165, 1.54) is 37.4 Å². The number of phosphoric acid groups is 2. The van der Waals surface area contributed by atoms with Gasteiger partial charge in [0.05, 0.1) is 44.8 Å². The van der Waals surface area contributed by atoms with E-state index in [-0.39, 0.29) is 73.8 Å². The minimum absolute atomic E-state index is 0.0120. The lowest BCUT2D eigenvalue weighted by Crippen LogP contribution is -2.26. The van der Waals surface area contributed by atoms with Gasteiger partial charge >= 0.3 is 21.6 Å². The quantitative estimate of drug-likeness (QED) is 0.0121. The van der Waals surface area contributed by atoms with Crippen LogP contribution in [0.25, 0.3) is 0 Å². The molecule has 2 unspecified atom stereocenters. The zero-order chi connectivity index (χ0) is 57.2. The van der Waals surface area contributed by atoms with E-state index >= 15 is 0 Å². The summed E-state index contributed by atoms with van der Waals surface area (Å²) in [6, 6.07) is 20.4. The molecule has 0 aliphatic heterocycles. The summed E-state index contributed by atoms with van der Waals surface area (Å²) in [5.41, 5.74) is 3.09. The molecule has 1 amide bonds. The maximum Gasteiger partial charge on any atom is 0.471 e. The van der Waals surface area contributed by atoms with Gasteiger partial charge in [0.15, 0.2) is 0 Å². The van der Waals surface area contributed by atoms with Crippen LogP contribution in [0.1, 0.15) is 96.9 Å². The van der Waals surface area contributed by atoms with Gasteiger partial charge in [-0.2, -0.15) is 5.11 Å². The van der Waals surface area contributed by atoms with Crippen molar-refractivity contribution in [3.8, 4) is 23.0 Å². The molecule has 0 aromatic heterocycles. The van der Waals surface area contributed by atoms with Gasteiger partial charge in [-0.3, -0.25) is 32.5 Å². The van der Waals surface area contributed by atoms with Gasteiger partial charge in [-0.25, -0.2) is 13.9 Å². The zero-order valence-corrected chi connectivity index (χ0v) is 46.3. The number of phenolic OH excluding ortho intramolecular Hbond substituents is 2. The number of nitrogens with one attached hydrogen (secondary N) is 1. The van der Waals surface area contributed by atoms with Crippen molar-refractivity contribution in [2.24, 2.45) is 20.5 Å². The van der Waals surface area contributed by atoms with E-state index in [9.17, 15) is 38.5 Å². The SMILES string of the molecule is COCCCCC(=O)CCCOc1cc(O)ccc1N=Nc1ccc(C(=O)NCCOP(=O)(O)OC)cc1.COCCCc1ccc(N=Nc2ccc(O)cc2OCCCC(=O)CCCCOP(=O)(O)OC)c(C(=O)OC)c1. The van der Waals surface area contributed by atoms with Gasteiger partial charge in [-0.1, -0.05) is 6.07 Å². The van der Waals surface area contributed by atoms with E-state index in [0.717, 1.165) is 45.5 Å². The Morgan fingerprint density at radius 2 is 1.01 bits per heavy atom. The number of carbonyl (C=O) groups excluding carboxylic acids is 4. The van der Waals surface area contributed by atoms with Crippen LogP contribution in [0.4, 0.5) is 22.7 Å². The smallest absolute Gasteiger partial charge is 0.471 e. The maximum absolute atomic E-state index is 12.4. The summed E-state index contributed by atoms with van der Waals surface area (Å²) in [4.78, 5) is 66.9. The van der Waals surface area contributed by atoms with E-state index in [1.54, 1.807) is 56.7 Å². The first-order chi connectivity index (χ1) is 37.4. The third kappa shape index (κ3) is 26.8. The Morgan fingerprint density at radius 1 is 0.526 bits per heavy atom. The summed E-state index contributed by atoms with van der Waals surface area (Å²) in [6.45, 7) is 1.58. The number of hydrogen-bond donors (Lipinski definition) is 5. The molecule has 4 rings (SSSR count). The fourth-order valence-corrected chi connectivity index (χ4v) is 7.57. The molecule has 0 bridgehead atoms. The lowest BCUT2D eigenvalue weighted by molar-refractivity contribution is -0.120. The molecule has 0 saturated carbocycles. The number of unbranched alkanes of at least 4 members (excludes halogenated alkanes) is 2. The minimum atomic E-state index is -4.08. The number of methoxy groups -OCH3 is 3. The number of aromatic hydroxyl groups is 2. The van der Waals surface area contributed by atoms with Gasteiger partial charge in [0.2, 0.25) is 0 Å². The standard InChI is InChI=1S/C27H37N2O10P.C25H34N3O9P/c1-35-15-6-8-20-11-13-24(23(18-20)27(32)36-2)28-29-25-14-12-22(31)19-26(25)38-16-7-10-21(30)9-4-5-17-39-40(33,34)37-3;1-34-15-4-3-6-21(29)7-5-16-36-24-18-22(30)12-13-23(24)28-27-20-10-8-19(9-11-20)25(31)26-14-17-37-38(32,33)35-2/h11-14,18-19,31H,4-10,15-17H2,1-3H3,(H,33,34);8-13,18,30H,3-7,14-17H2,1-2H3,(H,26,31)(H,32,33). The highest BCUT2D eigenvalue weighted by molar-refractivity contribution is 7.47. The molecule has 0 saturated heterocycles. The number of esters is 1. The van der Waals surface area contributed by atoms with Crippen LogP contribution in [0.3, 0.4) is 0 Å². The van der Waals surface area contributed by atoms with Gasteiger partial charge in [-0.15, -0.1) is 15.3 Å². The van der Waals surface area contributed by atoms with Crippen molar-refractivity contribution in [2.75, 3.05) is 81.7 Å². The van der Waals surface area contributed by atoms with Crippen molar-refractivity contribution in [2.45, 2.75) is 77.0 Å². The summed E-state index contributed by atoms with van der Waals surface area (Å²) in [5, 5.41) is 39.1. The topological polar surface area (TPSA) is 328 Å². The lowest BCUT2D eigenvalue weighted by atomic mass is 10.0. The number of azo groups is 2. The van der Waals surface area contributed by atoms with Crippen molar-refractivity contribution in [1.29, 1.82) is 0 Å². The van der Waals surface area contributed by atoms with Crippen molar-refractivity contribution in [3.05, 3.63) is 95.6 Å². The molecule has 428 valence electrons. The number of carbonyl (C=O) groups is 4. The molecule has 4 aromatic carbocycles. The van der Waals surface area contributed by atoms with E-state index < -0.39 is 27.5 Å². The molecule has 0 radical (unpaired) electrons. The van der Waals surface area contributed by atoms with Gasteiger partial charge in [0.25, 0.3) is 5.91 Å². The third-order valence-corrected chi connectivity index (χ3v) is 12.8. The van der Waals surface area contributed by atoms with Gasteiger partial charge in [0, 0.05) is 91.6 Å². The Bertz CT molecular complexity index is 2660. The fraction of sp³-hybridized carbons (Fsp3) is 0.462. The molecule has 26 heteroatoms. The van der Waals surface area contributed by atoms with E-state index in [1.807, 2.05) is 6.07 Å². The Kier molecular flexibility index (Phi) is 31.1. The highest BCUT2D eigenvalue weighted by Crippen LogP contribution is 2.42. The lowest BCUT2D eigenvalue weighted by Gasteiger charge is -2.10. The first-order valence-electron chi connectivity index (χ1n) is 24.8. The molecular formula is C52H71N5O19P2. The highest BCUT2D eigenvalue weighted by atomic mass is 31.2. The normalized spacial score (nSPS) is 12.8. The Morgan fingerprint density at radius 3 is 1.55 bits per heavy atom. The largest absolute Gasteiger partial charge is 0.508 e. The number of hydrogen-bond acceptors (Lipinski definition) is 21. The summed E-state index contributed by atoms with van der Waals surface area (Å²) >= 11 is 0. The molecule has 0 heterocycles. The molecule has 5 N–H and O–H groups in total. The number of phenols is 2. The van der Waals surface area contributed by atoms with E-state index in [4.69, 9.17) is 38.0 Å². The Hall–Kier alpha value is -6.30. The molecule has 0 spiro atoms. The van der Waals surface area contributed by atoms with Crippen LogP contribution in [0.2, 0.25) is 0 Å². The van der Waals surface area contributed by atoms with E-state index in [0.29, 0.717) is 92.2 Å². The Labute approximate surface area is 453 Å². The van der Waals surface area contributed by atoms with E-state index in [2.05, 4.69) is 39.3 Å². The maximum atomic E-state index is 12.4. The molecule has 2 atom stereocenters. The Balaban J connectivity index is 0.000000411. The fourth-order valence-electron chi connectivity index (χ4n) is 6.68. The number of phosphoric ester groups is 2. The third-order valence-electron chi connectivity index (χ3n) is 10.8. The molecule has 0 aliphatic rings.